The summed E-state index contributed by atoms with van der Waals surface area (Å²) in [5, 5.41) is 7.54. The number of rotatable bonds is 5. The first kappa shape index (κ1) is 20.2. The molecule has 0 unspecified atom stereocenters. The van der Waals surface area contributed by atoms with Gasteiger partial charge in [-0.1, -0.05) is 0 Å². The maximum atomic E-state index is 13.0. The largest absolute Gasteiger partial charge is 0.493 e. The van der Waals surface area contributed by atoms with Gasteiger partial charge in [-0.15, -0.1) is 0 Å². The summed E-state index contributed by atoms with van der Waals surface area (Å²) in [6.45, 7) is 6.00. The summed E-state index contributed by atoms with van der Waals surface area (Å²) in [5.74, 6) is 2.22. The van der Waals surface area contributed by atoms with Gasteiger partial charge in [-0.3, -0.25) is 9.00 Å². The van der Waals surface area contributed by atoms with Crippen molar-refractivity contribution < 1.29 is 23.2 Å². The minimum absolute atomic E-state index is 0.342. The fourth-order valence-corrected chi connectivity index (χ4v) is 4.40. The molecule has 1 aromatic carbocycles. The Hall–Kier alpha value is -2.55. The average molecular weight is 407 g/mol. The van der Waals surface area contributed by atoms with E-state index in [1.807, 2.05) is 20.8 Å². The smallest absolute Gasteiger partial charge is 0.257 e. The molecule has 2 heterocycles. The first-order chi connectivity index (χ1) is 13.2. The van der Waals surface area contributed by atoms with Crippen molar-refractivity contribution in [1.82, 2.24) is 9.78 Å². The summed E-state index contributed by atoms with van der Waals surface area (Å²) < 4.78 is 29.7. The number of benzene rings is 1. The Morgan fingerprint density at radius 1 is 1.11 bits per heavy atom. The zero-order valence-corrected chi connectivity index (χ0v) is 17.7. The molecule has 0 saturated carbocycles. The Morgan fingerprint density at radius 2 is 1.71 bits per heavy atom. The van der Waals surface area contributed by atoms with Crippen molar-refractivity contribution in [1.29, 1.82) is 0 Å². The molecular weight excluding hydrogens is 382 g/mol. The van der Waals surface area contributed by atoms with Gasteiger partial charge >= 0.3 is 0 Å². The summed E-state index contributed by atoms with van der Waals surface area (Å²) in [7, 11) is 3.51. The summed E-state index contributed by atoms with van der Waals surface area (Å²) in [4.78, 5) is 13.0. The van der Waals surface area contributed by atoms with Gasteiger partial charge in [0.2, 0.25) is 5.75 Å². The lowest BCUT2D eigenvalue weighted by Gasteiger charge is -2.23. The molecule has 1 atom stereocenters. The van der Waals surface area contributed by atoms with Gasteiger partial charge in [0.15, 0.2) is 11.5 Å². The van der Waals surface area contributed by atoms with Gasteiger partial charge in [0, 0.05) is 21.9 Å². The van der Waals surface area contributed by atoms with E-state index in [2.05, 4.69) is 10.4 Å². The van der Waals surface area contributed by atoms with Crippen molar-refractivity contribution in [2.24, 2.45) is 0 Å². The van der Waals surface area contributed by atoms with E-state index in [0.29, 0.717) is 40.1 Å². The fourth-order valence-electron chi connectivity index (χ4n) is 3.13. The standard InChI is InChI=1S/C19H25N3O5S/c1-19(2,3)22-17(12-9-28(24)10-13(12)21-22)20-18(23)11-7-14(25-4)16(27-6)15(8-11)26-5/h7-8H,9-10H2,1-6H3,(H,20,23)/t28-/m0/s1. The first-order valence-corrected chi connectivity index (χ1v) is 10.3. The van der Waals surface area contributed by atoms with E-state index in [0.717, 1.165) is 11.3 Å². The van der Waals surface area contributed by atoms with Gasteiger partial charge in [0.1, 0.15) is 5.82 Å². The molecule has 0 spiro atoms. The third kappa shape index (κ3) is 3.58. The number of amides is 1. The second-order valence-electron chi connectivity index (χ2n) is 7.45. The molecule has 2 aromatic rings. The lowest BCUT2D eigenvalue weighted by atomic mass is 10.1. The molecular formula is C19H25N3O5S. The number of methoxy groups -OCH3 is 3. The Kier molecular flexibility index (Phi) is 5.38. The van der Waals surface area contributed by atoms with E-state index in [-0.39, 0.29) is 11.4 Å². The van der Waals surface area contributed by atoms with Crippen LogP contribution in [0.3, 0.4) is 0 Å². The van der Waals surface area contributed by atoms with Crippen LogP contribution >= 0.6 is 0 Å². The average Bonchev–Trinajstić information content (AvgIpc) is 3.17. The molecule has 0 saturated heterocycles. The van der Waals surface area contributed by atoms with Crippen LogP contribution in [0.15, 0.2) is 12.1 Å². The van der Waals surface area contributed by atoms with Crippen LogP contribution in [0, 0.1) is 0 Å². The van der Waals surface area contributed by atoms with Crippen molar-refractivity contribution >= 4 is 22.5 Å². The SMILES string of the molecule is COc1cc(C(=O)Nc2c3c(nn2C(C)(C)C)C[S@@](=O)C3)cc(OC)c1OC. The van der Waals surface area contributed by atoms with Crippen LogP contribution in [0.1, 0.15) is 42.4 Å². The van der Waals surface area contributed by atoms with E-state index in [1.165, 1.54) is 21.3 Å². The Bertz CT molecular complexity index is 921. The van der Waals surface area contributed by atoms with Gasteiger partial charge < -0.3 is 19.5 Å². The molecule has 3 rings (SSSR count). The minimum atomic E-state index is -0.991. The summed E-state index contributed by atoms with van der Waals surface area (Å²) in [6, 6.07) is 3.18. The summed E-state index contributed by atoms with van der Waals surface area (Å²) >= 11 is 0. The number of carbonyl (C=O) groups is 1. The molecule has 1 aromatic heterocycles. The number of carbonyl (C=O) groups excluding carboxylic acids is 1. The molecule has 1 aliphatic rings. The molecule has 0 radical (unpaired) electrons. The predicted octanol–water partition coefficient (Wildman–Crippen LogP) is 2.68. The number of nitrogens with zero attached hydrogens (tertiary/aromatic N) is 2. The van der Waals surface area contributed by atoms with Crippen molar-refractivity contribution in [3.63, 3.8) is 0 Å². The van der Waals surface area contributed by atoms with Crippen molar-refractivity contribution in [2.45, 2.75) is 37.8 Å². The molecule has 0 bridgehead atoms. The molecule has 9 heteroatoms. The Labute approximate surface area is 166 Å². The van der Waals surface area contributed by atoms with Crippen molar-refractivity contribution in [3.8, 4) is 17.2 Å². The van der Waals surface area contributed by atoms with Gasteiger partial charge in [-0.25, -0.2) is 4.68 Å². The van der Waals surface area contributed by atoms with E-state index in [1.54, 1.807) is 16.8 Å². The third-order valence-electron chi connectivity index (χ3n) is 4.46. The van der Waals surface area contributed by atoms with Crippen LogP contribution in [0.2, 0.25) is 0 Å². The quantitative estimate of drug-likeness (QED) is 0.819. The van der Waals surface area contributed by atoms with Crippen LogP contribution in [0.4, 0.5) is 5.82 Å². The number of ether oxygens (including phenoxy) is 3. The van der Waals surface area contributed by atoms with Gasteiger partial charge in [0.25, 0.3) is 5.91 Å². The maximum Gasteiger partial charge on any atom is 0.257 e. The molecule has 1 aliphatic heterocycles. The highest BCUT2D eigenvalue weighted by atomic mass is 32.2. The van der Waals surface area contributed by atoms with Crippen LogP contribution in [0.5, 0.6) is 17.2 Å². The van der Waals surface area contributed by atoms with E-state index < -0.39 is 10.8 Å². The Morgan fingerprint density at radius 3 is 2.21 bits per heavy atom. The highest BCUT2D eigenvalue weighted by Crippen LogP contribution is 2.39. The van der Waals surface area contributed by atoms with Gasteiger partial charge in [0.05, 0.1) is 44.1 Å². The van der Waals surface area contributed by atoms with Gasteiger partial charge in [-0.05, 0) is 32.9 Å². The number of hydrogen-bond donors (Lipinski definition) is 1. The number of anilines is 1. The molecule has 0 fully saturated rings. The molecule has 8 nitrogen and oxygen atoms in total. The van der Waals surface area contributed by atoms with Crippen LogP contribution in [-0.4, -0.2) is 41.2 Å². The summed E-state index contributed by atoms with van der Waals surface area (Å²) in [6.07, 6.45) is 0. The fraction of sp³-hybridized carbons (Fsp3) is 0.474. The lowest BCUT2D eigenvalue weighted by molar-refractivity contribution is 0.102. The monoisotopic (exact) mass is 407 g/mol. The second kappa shape index (κ2) is 7.46. The van der Waals surface area contributed by atoms with Crippen LogP contribution < -0.4 is 19.5 Å². The number of nitrogens with one attached hydrogen (secondary N) is 1. The highest BCUT2D eigenvalue weighted by Gasteiger charge is 2.31. The minimum Gasteiger partial charge on any atom is -0.493 e. The third-order valence-corrected chi connectivity index (χ3v) is 5.67. The predicted molar refractivity (Wildman–Crippen MR) is 107 cm³/mol. The maximum absolute atomic E-state index is 13.0. The number of hydrogen-bond acceptors (Lipinski definition) is 6. The topological polar surface area (TPSA) is 91.7 Å². The van der Waals surface area contributed by atoms with Crippen LogP contribution in [0.25, 0.3) is 0 Å². The van der Waals surface area contributed by atoms with Gasteiger partial charge in [-0.2, -0.15) is 5.10 Å². The first-order valence-electron chi connectivity index (χ1n) is 8.77. The highest BCUT2D eigenvalue weighted by molar-refractivity contribution is 7.83. The lowest BCUT2D eigenvalue weighted by Crippen LogP contribution is -2.27. The second-order valence-corrected chi connectivity index (χ2v) is 8.91. The zero-order chi connectivity index (χ0) is 20.6. The Balaban J connectivity index is 2.02. The number of aromatic nitrogens is 2. The molecule has 1 N–H and O–H groups in total. The molecule has 1 amide bonds. The number of fused-ring (bicyclic) bond motifs is 1. The van der Waals surface area contributed by atoms with E-state index >= 15 is 0 Å². The van der Waals surface area contributed by atoms with E-state index in [4.69, 9.17) is 14.2 Å². The van der Waals surface area contributed by atoms with Crippen molar-refractivity contribution in [3.05, 3.63) is 29.0 Å². The summed E-state index contributed by atoms with van der Waals surface area (Å²) in [5.41, 5.74) is 1.61. The molecule has 28 heavy (non-hydrogen) atoms. The molecule has 152 valence electrons. The van der Waals surface area contributed by atoms with Crippen molar-refractivity contribution in [2.75, 3.05) is 26.6 Å². The van der Waals surface area contributed by atoms with Crippen LogP contribution in [-0.2, 0) is 27.8 Å². The molecule has 0 aliphatic carbocycles. The zero-order valence-electron chi connectivity index (χ0n) is 16.9. The normalized spacial score (nSPS) is 15.9. The van der Waals surface area contributed by atoms with E-state index in [9.17, 15) is 9.00 Å².